The van der Waals surface area contributed by atoms with E-state index in [2.05, 4.69) is 15.9 Å². The summed E-state index contributed by atoms with van der Waals surface area (Å²) < 4.78 is 28.5. The topological polar surface area (TPSA) is 63.4 Å². The average molecular weight is 381 g/mol. The lowest BCUT2D eigenvalue weighted by atomic mass is 9.92. The number of hydrogen-bond donors (Lipinski definition) is 1. The maximum absolute atomic E-state index is 12.9. The largest absolute Gasteiger partial charge is 0.328 e. The summed E-state index contributed by atoms with van der Waals surface area (Å²) in [6.45, 7) is 2.59. The maximum atomic E-state index is 12.9. The van der Waals surface area contributed by atoms with Crippen LogP contribution in [-0.2, 0) is 10.0 Å². The molecule has 0 unspecified atom stereocenters. The molecule has 2 rings (SSSR count). The second-order valence-electron chi connectivity index (χ2n) is 5.24. The van der Waals surface area contributed by atoms with E-state index in [1.165, 1.54) is 11.3 Å². The van der Waals surface area contributed by atoms with Crippen LogP contribution in [0.25, 0.3) is 0 Å². The van der Waals surface area contributed by atoms with Gasteiger partial charge in [-0.05, 0) is 59.5 Å². The first-order chi connectivity index (χ1) is 9.46. The molecule has 1 saturated carbocycles. The SMILES string of the molecule is CCCN(C1CCC(N)CC1)S(=O)(=O)c1sccc1Br. The minimum absolute atomic E-state index is 0.0914. The fourth-order valence-electron chi connectivity index (χ4n) is 2.68. The smallest absolute Gasteiger partial charge is 0.253 e. The maximum Gasteiger partial charge on any atom is 0.253 e. The average Bonchev–Trinajstić information content (AvgIpc) is 2.84. The van der Waals surface area contributed by atoms with Crippen molar-refractivity contribution in [2.24, 2.45) is 5.73 Å². The van der Waals surface area contributed by atoms with Gasteiger partial charge in [0, 0.05) is 23.1 Å². The minimum atomic E-state index is -3.40. The molecule has 20 heavy (non-hydrogen) atoms. The molecule has 1 aliphatic carbocycles. The molecule has 114 valence electrons. The molecule has 1 aromatic heterocycles. The Bertz CT molecular complexity index is 536. The highest BCUT2D eigenvalue weighted by Gasteiger charge is 2.34. The van der Waals surface area contributed by atoms with Crippen LogP contribution >= 0.6 is 27.3 Å². The molecule has 0 atom stereocenters. The Kier molecular flexibility index (Phi) is 5.64. The van der Waals surface area contributed by atoms with Crippen molar-refractivity contribution in [1.29, 1.82) is 0 Å². The molecule has 0 amide bonds. The number of nitrogens with two attached hydrogens (primary N) is 1. The zero-order valence-electron chi connectivity index (χ0n) is 11.6. The van der Waals surface area contributed by atoms with E-state index in [-0.39, 0.29) is 12.1 Å². The van der Waals surface area contributed by atoms with Gasteiger partial charge in [0.1, 0.15) is 4.21 Å². The standard InChI is InChI=1S/C13H21BrN2O2S2/c1-2-8-16(11-5-3-10(15)4-6-11)20(17,18)13-12(14)7-9-19-13/h7,9-11H,2-6,8,15H2,1H3. The third-order valence-corrected chi connectivity index (χ3v) is 8.32. The molecule has 0 bridgehead atoms. The molecule has 0 saturated heterocycles. The van der Waals surface area contributed by atoms with Crippen LogP contribution < -0.4 is 5.73 Å². The molecule has 0 radical (unpaired) electrons. The van der Waals surface area contributed by atoms with Crippen molar-refractivity contribution in [2.75, 3.05) is 6.54 Å². The summed E-state index contributed by atoms with van der Waals surface area (Å²) >= 11 is 4.61. The number of rotatable bonds is 5. The lowest BCUT2D eigenvalue weighted by molar-refractivity contribution is 0.240. The molecule has 7 heteroatoms. The van der Waals surface area contributed by atoms with Crippen molar-refractivity contribution in [3.05, 3.63) is 15.9 Å². The highest BCUT2D eigenvalue weighted by Crippen LogP contribution is 2.34. The van der Waals surface area contributed by atoms with Gasteiger partial charge in [-0.1, -0.05) is 6.92 Å². The molecule has 1 aliphatic rings. The second kappa shape index (κ2) is 6.87. The van der Waals surface area contributed by atoms with Crippen molar-refractivity contribution in [3.63, 3.8) is 0 Å². The first kappa shape index (κ1) is 16.4. The van der Waals surface area contributed by atoms with Crippen LogP contribution in [0.4, 0.5) is 0 Å². The molecule has 0 aromatic carbocycles. The Labute approximate surface area is 133 Å². The van der Waals surface area contributed by atoms with E-state index in [9.17, 15) is 8.42 Å². The predicted octanol–water partition coefficient (Wildman–Crippen LogP) is 3.18. The summed E-state index contributed by atoms with van der Waals surface area (Å²) in [5, 5.41) is 1.80. The number of hydrogen-bond acceptors (Lipinski definition) is 4. The van der Waals surface area contributed by atoms with E-state index in [4.69, 9.17) is 5.73 Å². The highest BCUT2D eigenvalue weighted by atomic mass is 79.9. The van der Waals surface area contributed by atoms with Crippen molar-refractivity contribution in [3.8, 4) is 0 Å². The van der Waals surface area contributed by atoms with Gasteiger partial charge in [-0.15, -0.1) is 11.3 Å². The fraction of sp³-hybridized carbons (Fsp3) is 0.692. The lowest BCUT2D eigenvalue weighted by Crippen LogP contribution is -2.44. The van der Waals surface area contributed by atoms with Gasteiger partial charge in [-0.3, -0.25) is 0 Å². The van der Waals surface area contributed by atoms with Crippen LogP contribution in [0.5, 0.6) is 0 Å². The summed E-state index contributed by atoms with van der Waals surface area (Å²) in [7, 11) is -3.40. The summed E-state index contributed by atoms with van der Waals surface area (Å²) in [5.74, 6) is 0. The predicted molar refractivity (Wildman–Crippen MR) is 86.4 cm³/mol. The van der Waals surface area contributed by atoms with Crippen molar-refractivity contribution >= 4 is 37.3 Å². The first-order valence-corrected chi connectivity index (χ1v) is 10.1. The lowest BCUT2D eigenvalue weighted by Gasteiger charge is -2.34. The first-order valence-electron chi connectivity index (χ1n) is 6.97. The zero-order chi connectivity index (χ0) is 14.8. The summed E-state index contributed by atoms with van der Waals surface area (Å²) in [6, 6.07) is 2.11. The van der Waals surface area contributed by atoms with Crippen LogP contribution in [0.1, 0.15) is 39.0 Å². The number of nitrogens with zero attached hydrogens (tertiary/aromatic N) is 1. The Hall–Kier alpha value is 0.0500. The third kappa shape index (κ3) is 3.44. The molecule has 1 heterocycles. The summed E-state index contributed by atoms with van der Waals surface area (Å²) in [5.41, 5.74) is 5.93. The van der Waals surface area contributed by atoms with Gasteiger partial charge >= 0.3 is 0 Å². The molecule has 0 spiro atoms. The fourth-order valence-corrected chi connectivity index (χ4v) is 6.88. The Morgan fingerprint density at radius 2 is 2.05 bits per heavy atom. The van der Waals surface area contributed by atoms with Gasteiger partial charge in [0.25, 0.3) is 10.0 Å². The van der Waals surface area contributed by atoms with Crippen molar-refractivity contribution in [2.45, 2.75) is 55.3 Å². The van der Waals surface area contributed by atoms with Crippen LogP contribution in [0.2, 0.25) is 0 Å². The second-order valence-corrected chi connectivity index (χ2v) is 9.10. The van der Waals surface area contributed by atoms with Gasteiger partial charge < -0.3 is 5.73 Å². The van der Waals surface area contributed by atoms with Crippen molar-refractivity contribution in [1.82, 2.24) is 4.31 Å². The van der Waals surface area contributed by atoms with Crippen LogP contribution in [0.15, 0.2) is 20.1 Å². The highest BCUT2D eigenvalue weighted by molar-refractivity contribution is 9.10. The van der Waals surface area contributed by atoms with Crippen LogP contribution in [0.3, 0.4) is 0 Å². The van der Waals surface area contributed by atoms with E-state index in [1.54, 1.807) is 15.8 Å². The molecule has 1 fully saturated rings. The van der Waals surface area contributed by atoms with E-state index in [0.29, 0.717) is 15.2 Å². The molecule has 2 N–H and O–H groups in total. The van der Waals surface area contributed by atoms with E-state index in [0.717, 1.165) is 32.1 Å². The van der Waals surface area contributed by atoms with E-state index < -0.39 is 10.0 Å². The Morgan fingerprint density at radius 3 is 2.55 bits per heavy atom. The number of thiophene rings is 1. The molecular weight excluding hydrogens is 360 g/mol. The summed E-state index contributed by atoms with van der Waals surface area (Å²) in [6.07, 6.45) is 4.37. The van der Waals surface area contributed by atoms with Crippen molar-refractivity contribution < 1.29 is 8.42 Å². The zero-order valence-corrected chi connectivity index (χ0v) is 14.8. The Balaban J connectivity index is 2.26. The van der Waals surface area contributed by atoms with Gasteiger partial charge in [0.15, 0.2) is 0 Å². The minimum Gasteiger partial charge on any atom is -0.328 e. The third-order valence-electron chi connectivity index (χ3n) is 3.72. The van der Waals surface area contributed by atoms with Gasteiger partial charge in [-0.2, -0.15) is 4.31 Å². The number of sulfonamides is 1. The normalized spacial score (nSPS) is 24.2. The van der Waals surface area contributed by atoms with Gasteiger partial charge in [-0.25, -0.2) is 8.42 Å². The van der Waals surface area contributed by atoms with Gasteiger partial charge in [0.05, 0.1) is 0 Å². The van der Waals surface area contributed by atoms with Gasteiger partial charge in [0.2, 0.25) is 0 Å². The molecule has 4 nitrogen and oxygen atoms in total. The quantitative estimate of drug-likeness (QED) is 0.852. The number of halogens is 1. The monoisotopic (exact) mass is 380 g/mol. The van der Waals surface area contributed by atoms with Crippen LogP contribution in [-0.4, -0.2) is 31.4 Å². The molecular formula is C13H21BrN2O2S2. The molecule has 1 aromatic rings. The Morgan fingerprint density at radius 1 is 1.40 bits per heavy atom. The van der Waals surface area contributed by atoms with Crippen LogP contribution in [0, 0.1) is 0 Å². The van der Waals surface area contributed by atoms with E-state index >= 15 is 0 Å². The molecule has 0 aliphatic heterocycles. The van der Waals surface area contributed by atoms with E-state index in [1.807, 2.05) is 6.92 Å². The summed E-state index contributed by atoms with van der Waals surface area (Å²) in [4.78, 5) is 0.